The predicted molar refractivity (Wildman–Crippen MR) is 75.9 cm³/mol. The number of hydrogen-bond acceptors (Lipinski definition) is 3. The van der Waals surface area contributed by atoms with Gasteiger partial charge in [0.25, 0.3) is 0 Å². The molecular weight excluding hydrogens is 244 g/mol. The lowest BCUT2D eigenvalue weighted by molar-refractivity contribution is -0.132. The van der Waals surface area contributed by atoms with Gasteiger partial charge in [-0.25, -0.2) is 0 Å². The number of aryl methyl sites for hydroxylation is 1. The van der Waals surface area contributed by atoms with Crippen molar-refractivity contribution >= 4 is 17.2 Å². The first-order valence-corrected chi connectivity index (χ1v) is 7.51. The van der Waals surface area contributed by atoms with Crippen LogP contribution >= 0.6 is 11.3 Å². The highest BCUT2D eigenvalue weighted by Crippen LogP contribution is 2.23. The molecule has 2 atom stereocenters. The minimum absolute atomic E-state index is 0.0968. The van der Waals surface area contributed by atoms with Crippen molar-refractivity contribution < 1.29 is 4.79 Å². The van der Waals surface area contributed by atoms with Crippen LogP contribution in [0.1, 0.15) is 42.5 Å². The van der Waals surface area contributed by atoms with E-state index < -0.39 is 0 Å². The molecule has 1 saturated heterocycles. The average molecular weight is 266 g/mol. The third kappa shape index (κ3) is 3.12. The number of hydrogen-bond donors (Lipinski definition) is 1. The maximum atomic E-state index is 12.2. The summed E-state index contributed by atoms with van der Waals surface area (Å²) in [6, 6.07) is 4.42. The number of carbonyl (C=O) groups is 1. The van der Waals surface area contributed by atoms with Crippen LogP contribution in [0.4, 0.5) is 0 Å². The van der Waals surface area contributed by atoms with E-state index >= 15 is 0 Å². The smallest absolute Gasteiger partial charge is 0.239 e. The van der Waals surface area contributed by atoms with E-state index in [1.165, 1.54) is 9.75 Å². The maximum absolute atomic E-state index is 12.2. The van der Waals surface area contributed by atoms with Gasteiger partial charge in [0.2, 0.25) is 5.91 Å². The molecule has 2 rings (SSSR count). The van der Waals surface area contributed by atoms with Crippen LogP contribution in [0.5, 0.6) is 0 Å². The van der Waals surface area contributed by atoms with Crippen LogP contribution in [0, 0.1) is 6.92 Å². The lowest BCUT2D eigenvalue weighted by Crippen LogP contribution is -2.44. The van der Waals surface area contributed by atoms with Gasteiger partial charge in [-0.15, -0.1) is 11.3 Å². The quantitative estimate of drug-likeness (QED) is 0.909. The first-order chi connectivity index (χ1) is 8.58. The van der Waals surface area contributed by atoms with E-state index in [0.29, 0.717) is 0 Å². The van der Waals surface area contributed by atoms with Gasteiger partial charge in [-0.1, -0.05) is 0 Å². The summed E-state index contributed by atoms with van der Waals surface area (Å²) in [6.45, 7) is 8.06. The van der Waals surface area contributed by atoms with Crippen LogP contribution in [0.2, 0.25) is 0 Å². The van der Waals surface area contributed by atoms with Crippen molar-refractivity contribution in [3.63, 3.8) is 0 Å². The third-order valence-corrected chi connectivity index (χ3v) is 4.66. The molecule has 3 nitrogen and oxygen atoms in total. The number of likely N-dealkylation sites (tertiary alicyclic amines) is 1. The fourth-order valence-corrected chi connectivity index (χ4v) is 3.31. The van der Waals surface area contributed by atoms with Gasteiger partial charge in [-0.2, -0.15) is 0 Å². The monoisotopic (exact) mass is 266 g/mol. The van der Waals surface area contributed by atoms with Crippen molar-refractivity contribution in [3.05, 3.63) is 21.9 Å². The zero-order valence-electron chi connectivity index (χ0n) is 11.4. The van der Waals surface area contributed by atoms with E-state index in [-0.39, 0.29) is 18.0 Å². The first-order valence-electron chi connectivity index (χ1n) is 6.69. The minimum atomic E-state index is -0.0968. The highest BCUT2D eigenvalue weighted by molar-refractivity contribution is 7.12. The fourth-order valence-electron chi connectivity index (χ4n) is 2.43. The molecule has 1 N–H and O–H groups in total. The molecule has 0 aliphatic carbocycles. The SMILES string of the molecule is Cc1ccc(C(C)NC(C)C(=O)N2CCCC2)s1. The van der Waals surface area contributed by atoms with Crippen molar-refractivity contribution in [1.29, 1.82) is 0 Å². The van der Waals surface area contributed by atoms with E-state index in [1.807, 2.05) is 11.8 Å². The minimum Gasteiger partial charge on any atom is -0.341 e. The largest absolute Gasteiger partial charge is 0.341 e. The van der Waals surface area contributed by atoms with Crippen LogP contribution in [-0.2, 0) is 4.79 Å². The van der Waals surface area contributed by atoms with Gasteiger partial charge in [0.15, 0.2) is 0 Å². The number of amides is 1. The van der Waals surface area contributed by atoms with Crippen LogP contribution in [0.25, 0.3) is 0 Å². The molecule has 1 aliphatic rings. The van der Waals surface area contributed by atoms with Gasteiger partial charge in [0.1, 0.15) is 0 Å². The van der Waals surface area contributed by atoms with Gasteiger partial charge in [0.05, 0.1) is 6.04 Å². The highest BCUT2D eigenvalue weighted by Gasteiger charge is 2.24. The molecule has 0 spiro atoms. The van der Waals surface area contributed by atoms with Crippen LogP contribution in [0.3, 0.4) is 0 Å². The molecule has 1 aliphatic heterocycles. The molecule has 2 unspecified atom stereocenters. The van der Waals surface area contributed by atoms with Crippen LogP contribution in [0.15, 0.2) is 12.1 Å². The summed E-state index contributed by atoms with van der Waals surface area (Å²) in [5.74, 6) is 0.243. The fraction of sp³-hybridized carbons (Fsp3) is 0.643. The van der Waals surface area contributed by atoms with E-state index in [2.05, 4.69) is 31.3 Å². The molecule has 1 fully saturated rings. The zero-order chi connectivity index (χ0) is 13.1. The van der Waals surface area contributed by atoms with Gasteiger partial charge in [-0.05, 0) is 45.7 Å². The lowest BCUT2D eigenvalue weighted by Gasteiger charge is -2.23. The van der Waals surface area contributed by atoms with Crippen LogP contribution in [-0.4, -0.2) is 29.9 Å². The summed E-state index contributed by atoms with van der Waals surface area (Å²) in [7, 11) is 0. The molecule has 18 heavy (non-hydrogen) atoms. The number of nitrogens with zero attached hydrogens (tertiary/aromatic N) is 1. The van der Waals surface area contributed by atoms with E-state index in [1.54, 1.807) is 11.3 Å². The summed E-state index contributed by atoms with van der Waals surface area (Å²) in [5.41, 5.74) is 0. The second-order valence-electron chi connectivity index (χ2n) is 5.09. The molecule has 1 aromatic rings. The Balaban J connectivity index is 1.90. The van der Waals surface area contributed by atoms with Crippen molar-refractivity contribution in [3.8, 4) is 0 Å². The van der Waals surface area contributed by atoms with Gasteiger partial charge >= 0.3 is 0 Å². The summed E-state index contributed by atoms with van der Waals surface area (Å²) in [5, 5.41) is 3.41. The maximum Gasteiger partial charge on any atom is 0.239 e. The standard InChI is InChI=1S/C14H22N2OS/c1-10-6-7-13(18-10)11(2)15-12(3)14(17)16-8-4-5-9-16/h6-7,11-12,15H,4-5,8-9H2,1-3H3. The Morgan fingerprint density at radius 3 is 2.56 bits per heavy atom. The molecule has 0 saturated carbocycles. The molecule has 0 bridgehead atoms. The first kappa shape index (κ1) is 13.6. The number of nitrogens with one attached hydrogen (secondary N) is 1. The predicted octanol–water partition coefficient (Wildman–Crippen LogP) is 2.72. The summed E-state index contributed by atoms with van der Waals surface area (Å²) in [4.78, 5) is 16.8. The second kappa shape index (κ2) is 5.85. The van der Waals surface area contributed by atoms with Crippen LogP contribution < -0.4 is 5.32 Å². The second-order valence-corrected chi connectivity index (χ2v) is 6.41. The number of carbonyl (C=O) groups excluding carboxylic acids is 1. The van der Waals surface area contributed by atoms with E-state index in [0.717, 1.165) is 25.9 Å². The molecule has 2 heterocycles. The van der Waals surface area contributed by atoms with E-state index in [9.17, 15) is 4.79 Å². The van der Waals surface area contributed by atoms with Gasteiger partial charge < -0.3 is 4.90 Å². The zero-order valence-corrected chi connectivity index (χ0v) is 12.2. The number of thiophene rings is 1. The topological polar surface area (TPSA) is 32.3 Å². The Hall–Kier alpha value is -0.870. The van der Waals surface area contributed by atoms with Gasteiger partial charge in [0, 0.05) is 28.9 Å². The normalized spacial score (nSPS) is 18.9. The van der Waals surface area contributed by atoms with Crippen molar-refractivity contribution in [2.24, 2.45) is 0 Å². The van der Waals surface area contributed by atoms with Crippen molar-refractivity contribution in [2.45, 2.75) is 45.7 Å². The Kier molecular flexibility index (Phi) is 4.40. The summed E-state index contributed by atoms with van der Waals surface area (Å²) in [6.07, 6.45) is 2.30. The Labute approximate surface area is 113 Å². The van der Waals surface area contributed by atoms with E-state index in [4.69, 9.17) is 0 Å². The molecule has 1 amide bonds. The van der Waals surface area contributed by atoms with Gasteiger partial charge in [-0.3, -0.25) is 10.1 Å². The van der Waals surface area contributed by atoms with Crippen molar-refractivity contribution in [1.82, 2.24) is 10.2 Å². The molecular formula is C14H22N2OS. The Morgan fingerprint density at radius 2 is 2.00 bits per heavy atom. The third-order valence-electron chi connectivity index (χ3n) is 3.48. The summed E-state index contributed by atoms with van der Waals surface area (Å²) < 4.78 is 0. The summed E-state index contributed by atoms with van der Waals surface area (Å²) >= 11 is 1.79. The molecule has 1 aromatic heterocycles. The highest BCUT2D eigenvalue weighted by atomic mass is 32.1. The molecule has 0 aromatic carbocycles. The Morgan fingerprint density at radius 1 is 1.33 bits per heavy atom. The molecule has 4 heteroatoms. The Bertz CT molecular complexity index is 410. The molecule has 100 valence electrons. The number of rotatable bonds is 4. The average Bonchev–Trinajstić information content (AvgIpc) is 2.98. The molecule has 0 radical (unpaired) electrons. The lowest BCUT2D eigenvalue weighted by atomic mass is 10.2. The van der Waals surface area contributed by atoms with Crippen molar-refractivity contribution in [2.75, 3.05) is 13.1 Å².